The Hall–Kier alpha value is -0.870. The van der Waals surface area contributed by atoms with Gasteiger partial charge in [0, 0.05) is 43.7 Å². The van der Waals surface area contributed by atoms with Crippen molar-refractivity contribution < 1.29 is 0 Å². The lowest BCUT2D eigenvalue weighted by atomic mass is 10.1. The third-order valence-corrected chi connectivity index (χ3v) is 4.31. The molecule has 4 nitrogen and oxygen atoms in total. The highest BCUT2D eigenvalue weighted by atomic mass is 15.1. The van der Waals surface area contributed by atoms with Crippen LogP contribution >= 0.6 is 0 Å². The molecule has 4 heteroatoms. The second-order valence-electron chi connectivity index (χ2n) is 6.52. The fraction of sp³-hybridized carbons (Fsp3) is 0.812. The zero-order chi connectivity index (χ0) is 14.7. The van der Waals surface area contributed by atoms with Crippen molar-refractivity contribution in [2.75, 3.05) is 20.1 Å². The Bertz CT molecular complexity index is 434. The van der Waals surface area contributed by atoms with Gasteiger partial charge in [0.05, 0.1) is 5.69 Å². The summed E-state index contributed by atoms with van der Waals surface area (Å²) in [5.74, 6) is 1.77. The summed E-state index contributed by atoms with van der Waals surface area (Å²) in [7, 11) is 2.21. The highest BCUT2D eigenvalue weighted by Gasteiger charge is 2.20. The zero-order valence-electron chi connectivity index (χ0n) is 13.7. The highest BCUT2D eigenvalue weighted by Crippen LogP contribution is 2.22. The maximum Gasteiger partial charge on any atom is 0.111 e. The third kappa shape index (κ3) is 3.41. The van der Waals surface area contributed by atoms with Crippen LogP contribution in [-0.2, 0) is 19.5 Å². The van der Waals surface area contributed by atoms with Crippen LogP contribution in [0, 0.1) is 0 Å². The molecule has 0 fully saturated rings. The fourth-order valence-corrected chi connectivity index (χ4v) is 2.82. The molecular weight excluding hydrogens is 248 g/mol. The molecule has 0 unspecified atom stereocenters. The van der Waals surface area contributed by atoms with Gasteiger partial charge in [-0.2, -0.15) is 0 Å². The molecule has 1 aliphatic rings. The Morgan fingerprint density at radius 3 is 2.70 bits per heavy atom. The monoisotopic (exact) mass is 278 g/mol. The molecule has 0 bridgehead atoms. The Balaban J connectivity index is 2.07. The minimum atomic E-state index is 0.503. The highest BCUT2D eigenvalue weighted by molar-refractivity contribution is 5.21. The Labute approximate surface area is 123 Å². The average Bonchev–Trinajstić information content (AvgIpc) is 2.78. The summed E-state index contributed by atoms with van der Waals surface area (Å²) < 4.78 is 2.50. The van der Waals surface area contributed by atoms with Crippen LogP contribution in [0.2, 0.25) is 0 Å². The SMILES string of the molecule is CC(C)c1nc2c(n1CCCN(C)C(C)C)CCNC2. The summed E-state index contributed by atoms with van der Waals surface area (Å²) in [5.41, 5.74) is 2.75. The van der Waals surface area contributed by atoms with Crippen LogP contribution in [0.3, 0.4) is 0 Å². The van der Waals surface area contributed by atoms with Crippen molar-refractivity contribution in [3.05, 3.63) is 17.2 Å². The van der Waals surface area contributed by atoms with Crippen molar-refractivity contribution in [1.82, 2.24) is 19.8 Å². The molecule has 114 valence electrons. The lowest BCUT2D eigenvalue weighted by molar-refractivity contribution is 0.264. The van der Waals surface area contributed by atoms with Crippen LogP contribution in [0.5, 0.6) is 0 Å². The molecule has 0 saturated carbocycles. The lowest BCUT2D eigenvalue weighted by Gasteiger charge is -2.22. The number of aromatic nitrogens is 2. The number of hydrogen-bond acceptors (Lipinski definition) is 3. The van der Waals surface area contributed by atoms with E-state index in [1.165, 1.54) is 23.6 Å². The average molecular weight is 278 g/mol. The molecule has 20 heavy (non-hydrogen) atoms. The van der Waals surface area contributed by atoms with Gasteiger partial charge in [-0.05, 0) is 33.9 Å². The quantitative estimate of drug-likeness (QED) is 0.867. The van der Waals surface area contributed by atoms with Gasteiger partial charge in [-0.25, -0.2) is 4.98 Å². The number of nitrogens with one attached hydrogen (secondary N) is 1. The van der Waals surface area contributed by atoms with Gasteiger partial charge in [0.25, 0.3) is 0 Å². The van der Waals surface area contributed by atoms with Crippen LogP contribution < -0.4 is 5.32 Å². The van der Waals surface area contributed by atoms with E-state index in [9.17, 15) is 0 Å². The van der Waals surface area contributed by atoms with E-state index in [4.69, 9.17) is 4.98 Å². The first-order chi connectivity index (χ1) is 9.50. The molecule has 0 aromatic carbocycles. The number of imidazole rings is 1. The largest absolute Gasteiger partial charge is 0.331 e. The van der Waals surface area contributed by atoms with E-state index in [-0.39, 0.29) is 0 Å². The van der Waals surface area contributed by atoms with Crippen molar-refractivity contribution in [2.24, 2.45) is 0 Å². The third-order valence-electron chi connectivity index (χ3n) is 4.31. The molecule has 2 heterocycles. The zero-order valence-corrected chi connectivity index (χ0v) is 13.7. The van der Waals surface area contributed by atoms with Crippen LogP contribution in [0.25, 0.3) is 0 Å². The van der Waals surface area contributed by atoms with Gasteiger partial charge in [-0.3, -0.25) is 0 Å². The molecular formula is C16H30N4. The number of nitrogens with zero attached hydrogens (tertiary/aromatic N) is 3. The molecule has 0 amide bonds. The standard InChI is InChI=1S/C16H30N4/c1-12(2)16-18-14-11-17-8-7-15(14)20(16)10-6-9-19(5)13(3)4/h12-13,17H,6-11H2,1-5H3. The normalized spacial score (nSPS) is 15.4. The minimum Gasteiger partial charge on any atom is -0.331 e. The van der Waals surface area contributed by atoms with Crippen LogP contribution in [0.15, 0.2) is 0 Å². The van der Waals surface area contributed by atoms with Crippen LogP contribution in [-0.4, -0.2) is 40.6 Å². The van der Waals surface area contributed by atoms with Gasteiger partial charge in [0.15, 0.2) is 0 Å². The van der Waals surface area contributed by atoms with E-state index in [1.807, 2.05) is 0 Å². The van der Waals surface area contributed by atoms with Crippen molar-refractivity contribution in [1.29, 1.82) is 0 Å². The molecule has 0 aliphatic carbocycles. The van der Waals surface area contributed by atoms with E-state index in [1.54, 1.807) is 0 Å². The number of rotatable bonds is 6. The summed E-state index contributed by atoms with van der Waals surface area (Å²) in [6.07, 6.45) is 2.32. The second-order valence-corrected chi connectivity index (χ2v) is 6.52. The van der Waals surface area contributed by atoms with E-state index < -0.39 is 0 Å². The predicted octanol–water partition coefficient (Wildman–Crippen LogP) is 2.38. The molecule has 1 N–H and O–H groups in total. The van der Waals surface area contributed by atoms with Gasteiger partial charge in [-0.1, -0.05) is 13.8 Å². The Kier molecular flexibility index (Phi) is 5.22. The van der Waals surface area contributed by atoms with E-state index in [2.05, 4.69) is 49.5 Å². The fourth-order valence-electron chi connectivity index (χ4n) is 2.82. The summed E-state index contributed by atoms with van der Waals surface area (Å²) >= 11 is 0. The van der Waals surface area contributed by atoms with Crippen molar-refractivity contribution in [3.63, 3.8) is 0 Å². The van der Waals surface area contributed by atoms with Gasteiger partial charge >= 0.3 is 0 Å². The number of hydrogen-bond donors (Lipinski definition) is 1. The molecule has 0 radical (unpaired) electrons. The maximum atomic E-state index is 4.87. The molecule has 1 aromatic heterocycles. The molecule has 2 rings (SSSR count). The first-order valence-electron chi connectivity index (χ1n) is 7.99. The minimum absolute atomic E-state index is 0.503. The van der Waals surface area contributed by atoms with Crippen molar-refractivity contribution in [3.8, 4) is 0 Å². The maximum absolute atomic E-state index is 4.87. The Morgan fingerprint density at radius 2 is 2.05 bits per heavy atom. The first-order valence-corrected chi connectivity index (χ1v) is 7.99. The second kappa shape index (κ2) is 6.72. The van der Waals surface area contributed by atoms with E-state index in [0.29, 0.717) is 12.0 Å². The van der Waals surface area contributed by atoms with Gasteiger partial charge in [0.1, 0.15) is 5.82 Å². The molecule has 1 aromatic rings. The summed E-state index contributed by atoms with van der Waals surface area (Å²) in [4.78, 5) is 7.29. The van der Waals surface area contributed by atoms with Gasteiger partial charge < -0.3 is 14.8 Å². The summed E-state index contributed by atoms with van der Waals surface area (Å²) in [6.45, 7) is 13.3. The lowest BCUT2D eigenvalue weighted by Crippen LogP contribution is -2.29. The van der Waals surface area contributed by atoms with Gasteiger partial charge in [0.2, 0.25) is 0 Å². The topological polar surface area (TPSA) is 33.1 Å². The summed E-state index contributed by atoms with van der Waals surface area (Å²) in [5, 5.41) is 3.43. The van der Waals surface area contributed by atoms with Crippen LogP contribution in [0.1, 0.15) is 57.2 Å². The van der Waals surface area contributed by atoms with Gasteiger partial charge in [-0.15, -0.1) is 0 Å². The molecule has 0 spiro atoms. The van der Waals surface area contributed by atoms with Crippen LogP contribution in [0.4, 0.5) is 0 Å². The number of fused-ring (bicyclic) bond motifs is 1. The smallest absolute Gasteiger partial charge is 0.111 e. The van der Waals surface area contributed by atoms with E-state index in [0.717, 1.165) is 32.6 Å². The molecule has 0 saturated heterocycles. The van der Waals surface area contributed by atoms with Crippen molar-refractivity contribution in [2.45, 2.75) is 65.6 Å². The predicted molar refractivity (Wildman–Crippen MR) is 84.1 cm³/mol. The molecule has 1 aliphatic heterocycles. The Morgan fingerprint density at radius 1 is 1.30 bits per heavy atom. The molecule has 0 atom stereocenters. The first kappa shape index (κ1) is 15.5. The van der Waals surface area contributed by atoms with Crippen molar-refractivity contribution >= 4 is 0 Å². The summed E-state index contributed by atoms with van der Waals surface area (Å²) in [6, 6.07) is 0.625. The van der Waals surface area contributed by atoms with E-state index >= 15 is 0 Å².